The Bertz CT molecular complexity index is 574. The third-order valence-electron chi connectivity index (χ3n) is 4.44. The Morgan fingerprint density at radius 3 is 2.61 bits per heavy atom. The number of nitrogens with zero attached hydrogens (tertiary/aromatic N) is 2. The number of benzene rings is 1. The maximum absolute atomic E-state index is 14.0. The average molecular weight is 327 g/mol. The molecular weight excluding hydrogens is 305 g/mol. The first-order valence-corrected chi connectivity index (χ1v) is 7.40. The quantitative estimate of drug-likeness (QED) is 0.638. The summed E-state index contributed by atoms with van der Waals surface area (Å²) in [4.78, 5) is 12.5. The van der Waals surface area contributed by atoms with Crippen LogP contribution >= 0.6 is 0 Å². The van der Waals surface area contributed by atoms with Crippen molar-refractivity contribution in [3.8, 4) is 5.75 Å². The number of ether oxygens (including phenoxy) is 2. The van der Waals surface area contributed by atoms with E-state index in [0.717, 1.165) is 18.9 Å². The van der Waals surface area contributed by atoms with Crippen molar-refractivity contribution in [3.63, 3.8) is 0 Å². The molecule has 8 heteroatoms. The molecule has 0 bridgehead atoms. The summed E-state index contributed by atoms with van der Waals surface area (Å²) in [5.41, 5.74) is -0.627. The zero-order valence-corrected chi connectivity index (χ0v) is 13.6. The summed E-state index contributed by atoms with van der Waals surface area (Å²) in [6, 6.07) is 2.46. The van der Waals surface area contributed by atoms with Crippen LogP contribution < -0.4 is 10.1 Å². The summed E-state index contributed by atoms with van der Waals surface area (Å²) in [7, 11) is 5.32. The number of methoxy groups -OCH3 is 1. The number of hydrogen-bond acceptors (Lipinski definition) is 6. The van der Waals surface area contributed by atoms with Crippen LogP contribution in [0.3, 0.4) is 0 Å². The highest BCUT2D eigenvalue weighted by Gasteiger charge is 2.35. The molecule has 1 N–H and O–H groups in total. The van der Waals surface area contributed by atoms with Gasteiger partial charge in [0, 0.05) is 37.4 Å². The van der Waals surface area contributed by atoms with Crippen LogP contribution in [0.25, 0.3) is 0 Å². The van der Waals surface area contributed by atoms with E-state index in [4.69, 9.17) is 9.47 Å². The van der Waals surface area contributed by atoms with Crippen LogP contribution in [-0.2, 0) is 4.74 Å². The molecular formula is C15H22FN3O4. The standard InChI is InChI=1S/C15H22FN3O4/c1-18(2)15(4-6-23-7-5-15)10-17-13-9-11(22-3)8-12(16)14(13)19(20)21/h8-9,17H,4-7,10H2,1-3H3. The molecule has 128 valence electrons. The molecule has 1 saturated heterocycles. The first kappa shape index (κ1) is 17.4. The molecule has 1 aromatic carbocycles. The molecule has 7 nitrogen and oxygen atoms in total. The van der Waals surface area contributed by atoms with Gasteiger partial charge in [-0.3, -0.25) is 10.1 Å². The van der Waals surface area contributed by atoms with Crippen LogP contribution in [0.1, 0.15) is 12.8 Å². The van der Waals surface area contributed by atoms with Crippen molar-refractivity contribution < 1.29 is 18.8 Å². The maximum Gasteiger partial charge on any atom is 0.327 e. The number of nitro groups is 1. The smallest absolute Gasteiger partial charge is 0.327 e. The van der Waals surface area contributed by atoms with E-state index >= 15 is 0 Å². The van der Waals surface area contributed by atoms with E-state index in [9.17, 15) is 14.5 Å². The average Bonchev–Trinajstić information content (AvgIpc) is 2.52. The van der Waals surface area contributed by atoms with E-state index in [-0.39, 0.29) is 17.0 Å². The second kappa shape index (κ2) is 7.10. The lowest BCUT2D eigenvalue weighted by atomic mass is 9.88. The Morgan fingerprint density at radius 1 is 1.43 bits per heavy atom. The summed E-state index contributed by atoms with van der Waals surface area (Å²) in [6.45, 7) is 1.72. The van der Waals surface area contributed by atoms with Gasteiger partial charge >= 0.3 is 5.69 Å². The molecule has 0 aromatic heterocycles. The Balaban J connectivity index is 2.27. The predicted molar refractivity (Wildman–Crippen MR) is 84.6 cm³/mol. The minimum Gasteiger partial charge on any atom is -0.497 e. The molecule has 23 heavy (non-hydrogen) atoms. The second-order valence-corrected chi connectivity index (χ2v) is 5.85. The molecule has 0 spiro atoms. The van der Waals surface area contributed by atoms with Crippen LogP contribution in [0.4, 0.5) is 15.8 Å². The van der Waals surface area contributed by atoms with E-state index in [0.29, 0.717) is 19.8 Å². The van der Waals surface area contributed by atoms with Crippen LogP contribution in [0.5, 0.6) is 5.75 Å². The van der Waals surface area contributed by atoms with Gasteiger partial charge in [-0.1, -0.05) is 0 Å². The lowest BCUT2D eigenvalue weighted by Crippen LogP contribution is -2.53. The van der Waals surface area contributed by atoms with Gasteiger partial charge in [0.15, 0.2) is 0 Å². The highest BCUT2D eigenvalue weighted by Crippen LogP contribution is 2.34. The van der Waals surface area contributed by atoms with Gasteiger partial charge in [0.05, 0.1) is 12.0 Å². The second-order valence-electron chi connectivity index (χ2n) is 5.85. The lowest BCUT2D eigenvalue weighted by Gasteiger charge is -2.43. The van der Waals surface area contributed by atoms with Crippen LogP contribution in [0.2, 0.25) is 0 Å². The van der Waals surface area contributed by atoms with Gasteiger partial charge < -0.3 is 19.7 Å². The molecule has 1 heterocycles. The SMILES string of the molecule is COc1cc(F)c([N+](=O)[O-])c(NCC2(N(C)C)CCOCC2)c1. The van der Waals surface area contributed by atoms with Crippen LogP contribution in [0, 0.1) is 15.9 Å². The van der Waals surface area contributed by atoms with Gasteiger partial charge in [0.1, 0.15) is 11.4 Å². The number of rotatable bonds is 6. The van der Waals surface area contributed by atoms with E-state index in [1.807, 2.05) is 14.1 Å². The van der Waals surface area contributed by atoms with Crippen LogP contribution in [-0.4, -0.2) is 56.3 Å². The molecule has 0 radical (unpaired) electrons. The van der Waals surface area contributed by atoms with E-state index in [1.165, 1.54) is 13.2 Å². The van der Waals surface area contributed by atoms with Crippen LogP contribution in [0.15, 0.2) is 12.1 Å². The first-order valence-electron chi connectivity index (χ1n) is 7.40. The van der Waals surface area contributed by atoms with E-state index < -0.39 is 16.4 Å². The normalized spacial score (nSPS) is 17.1. The predicted octanol–water partition coefficient (Wildman–Crippen LogP) is 2.27. The Morgan fingerprint density at radius 2 is 2.09 bits per heavy atom. The van der Waals surface area contributed by atoms with E-state index in [2.05, 4.69) is 10.2 Å². The number of hydrogen-bond donors (Lipinski definition) is 1. The van der Waals surface area contributed by atoms with Crippen molar-refractivity contribution in [1.29, 1.82) is 0 Å². The van der Waals surface area contributed by atoms with Crippen molar-refractivity contribution in [2.24, 2.45) is 0 Å². The Labute approximate surface area is 134 Å². The fourth-order valence-electron chi connectivity index (χ4n) is 2.81. The van der Waals surface area contributed by atoms with Gasteiger partial charge in [-0.05, 0) is 26.9 Å². The first-order chi connectivity index (χ1) is 10.9. The topological polar surface area (TPSA) is 76.9 Å². The summed E-state index contributed by atoms with van der Waals surface area (Å²) in [5, 5.41) is 14.2. The van der Waals surface area contributed by atoms with Gasteiger partial charge in [-0.15, -0.1) is 0 Å². The molecule has 0 unspecified atom stereocenters. The number of nitrogens with one attached hydrogen (secondary N) is 1. The van der Waals surface area contributed by atoms with Crippen molar-refractivity contribution in [2.45, 2.75) is 18.4 Å². The number of likely N-dealkylation sites (N-methyl/N-ethyl adjacent to an activating group) is 1. The van der Waals surface area contributed by atoms with Gasteiger partial charge in [-0.25, -0.2) is 0 Å². The molecule has 0 saturated carbocycles. The van der Waals surface area contributed by atoms with Crippen molar-refractivity contribution in [3.05, 3.63) is 28.1 Å². The van der Waals surface area contributed by atoms with Gasteiger partial charge in [0.25, 0.3) is 0 Å². The molecule has 1 aromatic rings. The molecule has 1 fully saturated rings. The molecule has 1 aliphatic rings. The fraction of sp³-hybridized carbons (Fsp3) is 0.600. The number of anilines is 1. The maximum atomic E-state index is 14.0. The van der Waals surface area contributed by atoms with Crippen molar-refractivity contribution in [2.75, 3.05) is 46.3 Å². The summed E-state index contributed by atoms with van der Waals surface area (Å²) < 4.78 is 24.4. The Hall–Kier alpha value is -1.93. The minimum atomic E-state index is -0.914. The van der Waals surface area contributed by atoms with Gasteiger partial charge in [-0.2, -0.15) is 4.39 Å². The Kier molecular flexibility index (Phi) is 5.38. The zero-order valence-electron chi connectivity index (χ0n) is 13.6. The molecule has 0 aliphatic carbocycles. The number of halogens is 1. The largest absolute Gasteiger partial charge is 0.497 e. The van der Waals surface area contributed by atoms with Gasteiger partial charge in [0.2, 0.25) is 5.82 Å². The molecule has 2 rings (SSSR count). The zero-order chi connectivity index (χ0) is 17.0. The highest BCUT2D eigenvalue weighted by atomic mass is 19.1. The summed E-state index contributed by atoms with van der Waals surface area (Å²) >= 11 is 0. The third kappa shape index (κ3) is 3.70. The summed E-state index contributed by atoms with van der Waals surface area (Å²) in [6.07, 6.45) is 1.60. The number of nitro benzene ring substituents is 1. The summed E-state index contributed by atoms with van der Waals surface area (Å²) in [5.74, 6) is -0.677. The lowest BCUT2D eigenvalue weighted by molar-refractivity contribution is -0.386. The van der Waals surface area contributed by atoms with Crippen molar-refractivity contribution in [1.82, 2.24) is 4.90 Å². The fourth-order valence-corrected chi connectivity index (χ4v) is 2.81. The molecule has 1 aliphatic heterocycles. The van der Waals surface area contributed by atoms with Crippen molar-refractivity contribution >= 4 is 11.4 Å². The minimum absolute atomic E-state index is 0.125. The molecule has 0 amide bonds. The third-order valence-corrected chi connectivity index (χ3v) is 4.44. The highest BCUT2D eigenvalue weighted by molar-refractivity contribution is 5.65. The monoisotopic (exact) mass is 327 g/mol. The van der Waals surface area contributed by atoms with E-state index in [1.54, 1.807) is 0 Å². The molecule has 0 atom stereocenters.